The molecule has 94 valence electrons. The molecule has 3 aromatic rings. The minimum Gasteiger partial charge on any atom is -0.399 e. The van der Waals surface area contributed by atoms with E-state index < -0.39 is 0 Å². The second-order valence-corrected chi connectivity index (χ2v) is 4.05. The van der Waals surface area contributed by atoms with E-state index in [2.05, 4.69) is 25.3 Å². The van der Waals surface area contributed by atoms with Crippen LogP contribution in [0.3, 0.4) is 0 Å². The van der Waals surface area contributed by atoms with E-state index in [0.29, 0.717) is 12.2 Å². The highest BCUT2D eigenvalue weighted by Crippen LogP contribution is 2.21. The Labute approximate surface area is 109 Å². The van der Waals surface area contributed by atoms with Crippen LogP contribution in [0.1, 0.15) is 5.69 Å². The van der Waals surface area contributed by atoms with Crippen molar-refractivity contribution in [3.63, 3.8) is 0 Å². The molecule has 0 saturated heterocycles. The van der Waals surface area contributed by atoms with E-state index in [1.807, 2.05) is 24.3 Å². The smallest absolute Gasteiger partial charge is 0.137 e. The summed E-state index contributed by atoms with van der Waals surface area (Å²) in [6.45, 7) is 0.582. The van der Waals surface area contributed by atoms with Crippen LogP contribution >= 0.6 is 0 Å². The van der Waals surface area contributed by atoms with Gasteiger partial charge in [0.15, 0.2) is 0 Å². The molecule has 0 radical (unpaired) electrons. The number of nitrogens with two attached hydrogens (primary N) is 1. The highest BCUT2D eigenvalue weighted by molar-refractivity contribution is 5.90. The van der Waals surface area contributed by atoms with Gasteiger partial charge >= 0.3 is 0 Å². The van der Waals surface area contributed by atoms with Crippen LogP contribution in [0.4, 0.5) is 11.5 Å². The second-order valence-electron chi connectivity index (χ2n) is 4.05. The van der Waals surface area contributed by atoms with Gasteiger partial charge in [-0.05, 0) is 24.3 Å². The van der Waals surface area contributed by atoms with Crippen LogP contribution in [-0.2, 0) is 6.54 Å². The Balaban J connectivity index is 1.89. The van der Waals surface area contributed by atoms with E-state index in [9.17, 15) is 0 Å². The van der Waals surface area contributed by atoms with Crippen LogP contribution in [0.2, 0.25) is 0 Å². The number of nitrogens with zero attached hydrogens (tertiary/aromatic N) is 4. The number of benzene rings is 1. The Morgan fingerprint density at radius 1 is 1.05 bits per heavy atom. The summed E-state index contributed by atoms with van der Waals surface area (Å²) in [5.74, 6) is 0.767. The van der Waals surface area contributed by atoms with Gasteiger partial charge in [-0.3, -0.25) is 0 Å². The summed E-state index contributed by atoms with van der Waals surface area (Å²) in [4.78, 5) is 16.5. The molecule has 19 heavy (non-hydrogen) atoms. The number of hydrogen-bond acceptors (Lipinski definition) is 6. The van der Waals surface area contributed by atoms with Crippen molar-refractivity contribution in [1.82, 2.24) is 19.9 Å². The average molecular weight is 252 g/mol. The standard InChI is InChI=1S/C13H12N6/c14-9-1-2-11-12(5-9)18-8-19-13(11)16-6-10-3-4-15-7-17-10/h1-5,7-8H,6,14H2,(H,16,18,19). The molecule has 0 atom stereocenters. The monoisotopic (exact) mass is 252 g/mol. The molecular weight excluding hydrogens is 240 g/mol. The maximum Gasteiger partial charge on any atom is 0.137 e. The first-order valence-electron chi connectivity index (χ1n) is 5.82. The van der Waals surface area contributed by atoms with Gasteiger partial charge in [-0.25, -0.2) is 19.9 Å². The number of aromatic nitrogens is 4. The van der Waals surface area contributed by atoms with Crippen molar-refractivity contribution < 1.29 is 0 Å². The number of hydrogen-bond donors (Lipinski definition) is 2. The molecule has 6 nitrogen and oxygen atoms in total. The third-order valence-corrected chi connectivity index (χ3v) is 2.74. The van der Waals surface area contributed by atoms with Crippen molar-refractivity contribution in [1.29, 1.82) is 0 Å². The van der Waals surface area contributed by atoms with Crippen LogP contribution in [0.15, 0.2) is 43.1 Å². The molecule has 0 saturated carbocycles. The van der Waals surface area contributed by atoms with Gasteiger partial charge in [0.25, 0.3) is 0 Å². The lowest BCUT2D eigenvalue weighted by atomic mass is 10.2. The van der Waals surface area contributed by atoms with Gasteiger partial charge in [0.05, 0.1) is 17.8 Å². The minimum absolute atomic E-state index is 0.582. The van der Waals surface area contributed by atoms with Crippen molar-refractivity contribution in [2.75, 3.05) is 11.1 Å². The van der Waals surface area contributed by atoms with E-state index in [1.54, 1.807) is 6.20 Å². The van der Waals surface area contributed by atoms with Gasteiger partial charge in [0, 0.05) is 17.3 Å². The predicted molar refractivity (Wildman–Crippen MR) is 73.3 cm³/mol. The van der Waals surface area contributed by atoms with Gasteiger partial charge in [0.2, 0.25) is 0 Å². The van der Waals surface area contributed by atoms with Crippen molar-refractivity contribution in [2.24, 2.45) is 0 Å². The third-order valence-electron chi connectivity index (χ3n) is 2.74. The average Bonchev–Trinajstić information content (AvgIpc) is 2.45. The number of anilines is 2. The molecule has 0 fully saturated rings. The molecule has 0 unspecified atom stereocenters. The van der Waals surface area contributed by atoms with Gasteiger partial charge < -0.3 is 11.1 Å². The first-order chi connectivity index (χ1) is 9.33. The highest BCUT2D eigenvalue weighted by Gasteiger charge is 2.03. The first-order valence-corrected chi connectivity index (χ1v) is 5.82. The predicted octanol–water partition coefficient (Wildman–Crippen LogP) is 1.61. The Hall–Kier alpha value is -2.76. The molecule has 0 spiro atoms. The number of nitrogens with one attached hydrogen (secondary N) is 1. The fourth-order valence-electron chi connectivity index (χ4n) is 1.81. The Kier molecular flexibility index (Phi) is 2.89. The van der Waals surface area contributed by atoms with Crippen LogP contribution < -0.4 is 11.1 Å². The third kappa shape index (κ3) is 2.42. The largest absolute Gasteiger partial charge is 0.399 e. The SMILES string of the molecule is Nc1ccc2c(NCc3ccncn3)ncnc2c1. The zero-order chi connectivity index (χ0) is 13.1. The Morgan fingerprint density at radius 3 is 2.84 bits per heavy atom. The van der Waals surface area contributed by atoms with E-state index in [-0.39, 0.29) is 0 Å². The normalized spacial score (nSPS) is 10.5. The van der Waals surface area contributed by atoms with Crippen molar-refractivity contribution in [3.05, 3.63) is 48.8 Å². The van der Waals surface area contributed by atoms with E-state index >= 15 is 0 Å². The second kappa shape index (κ2) is 4.85. The summed E-state index contributed by atoms with van der Waals surface area (Å²) in [5, 5.41) is 4.18. The first kappa shape index (κ1) is 11.3. The summed E-state index contributed by atoms with van der Waals surface area (Å²) in [7, 11) is 0. The molecule has 3 N–H and O–H groups in total. The summed E-state index contributed by atoms with van der Waals surface area (Å²) in [6, 6.07) is 7.43. The molecule has 1 aromatic carbocycles. The number of nitrogen functional groups attached to an aromatic ring is 1. The van der Waals surface area contributed by atoms with E-state index in [0.717, 1.165) is 22.4 Å². The molecule has 0 aliphatic carbocycles. The molecule has 0 aliphatic heterocycles. The molecule has 0 amide bonds. The van der Waals surface area contributed by atoms with Gasteiger partial charge in [-0.1, -0.05) is 0 Å². The summed E-state index contributed by atoms with van der Waals surface area (Å²) in [5.41, 5.74) is 8.15. The van der Waals surface area contributed by atoms with Crippen LogP contribution in [-0.4, -0.2) is 19.9 Å². The summed E-state index contributed by atoms with van der Waals surface area (Å²) < 4.78 is 0. The van der Waals surface area contributed by atoms with Crippen LogP contribution in [0, 0.1) is 0 Å². The highest BCUT2D eigenvalue weighted by atomic mass is 15.0. The van der Waals surface area contributed by atoms with Crippen molar-refractivity contribution in [3.8, 4) is 0 Å². The van der Waals surface area contributed by atoms with E-state index in [4.69, 9.17) is 5.73 Å². The molecule has 6 heteroatoms. The molecule has 2 heterocycles. The van der Waals surface area contributed by atoms with Crippen LogP contribution in [0.25, 0.3) is 10.9 Å². The maximum atomic E-state index is 5.74. The van der Waals surface area contributed by atoms with E-state index in [1.165, 1.54) is 12.7 Å². The van der Waals surface area contributed by atoms with Gasteiger partial charge in [0.1, 0.15) is 18.5 Å². The lowest BCUT2D eigenvalue weighted by Gasteiger charge is -2.08. The number of rotatable bonds is 3. The fraction of sp³-hybridized carbons (Fsp3) is 0.0769. The zero-order valence-corrected chi connectivity index (χ0v) is 10.1. The molecule has 2 aromatic heterocycles. The molecule has 0 bridgehead atoms. The van der Waals surface area contributed by atoms with Crippen molar-refractivity contribution in [2.45, 2.75) is 6.54 Å². The lowest BCUT2D eigenvalue weighted by molar-refractivity contribution is 0.996. The van der Waals surface area contributed by atoms with Gasteiger partial charge in [-0.2, -0.15) is 0 Å². The van der Waals surface area contributed by atoms with Crippen LogP contribution in [0.5, 0.6) is 0 Å². The molecular formula is C13H12N6. The summed E-state index contributed by atoms with van der Waals surface area (Å²) >= 11 is 0. The number of fused-ring (bicyclic) bond motifs is 1. The minimum atomic E-state index is 0.582. The topological polar surface area (TPSA) is 89.6 Å². The zero-order valence-electron chi connectivity index (χ0n) is 10.1. The fourth-order valence-corrected chi connectivity index (χ4v) is 1.81. The molecule has 0 aliphatic rings. The Bertz CT molecular complexity index is 698. The lowest BCUT2D eigenvalue weighted by Crippen LogP contribution is -2.04. The quantitative estimate of drug-likeness (QED) is 0.688. The summed E-state index contributed by atoms with van der Waals surface area (Å²) in [6.07, 6.45) is 4.75. The Morgan fingerprint density at radius 2 is 2.00 bits per heavy atom. The maximum absolute atomic E-state index is 5.74. The van der Waals surface area contributed by atoms with Crippen molar-refractivity contribution >= 4 is 22.4 Å². The van der Waals surface area contributed by atoms with Gasteiger partial charge in [-0.15, -0.1) is 0 Å². The molecule has 3 rings (SSSR count).